The first kappa shape index (κ1) is 8.38. The molecule has 70 valence electrons. The number of hydrogen-bond donors (Lipinski definition) is 1. The van der Waals surface area contributed by atoms with Crippen LogP contribution in [0.25, 0.3) is 0 Å². The molecule has 0 aromatic heterocycles. The summed E-state index contributed by atoms with van der Waals surface area (Å²) in [5.41, 5.74) is 0. The van der Waals surface area contributed by atoms with Gasteiger partial charge in [-0.15, -0.1) is 0 Å². The SMILES string of the molecule is Oc1ccc(OCC2COC2)cc1. The van der Waals surface area contributed by atoms with Gasteiger partial charge in [0.15, 0.2) is 0 Å². The lowest BCUT2D eigenvalue weighted by Crippen LogP contribution is -2.32. The van der Waals surface area contributed by atoms with E-state index in [1.165, 1.54) is 0 Å². The van der Waals surface area contributed by atoms with Crippen LogP contribution in [0.2, 0.25) is 0 Å². The highest BCUT2D eigenvalue weighted by Gasteiger charge is 2.18. The maximum atomic E-state index is 9.02. The van der Waals surface area contributed by atoms with Crippen LogP contribution in [0.5, 0.6) is 11.5 Å². The van der Waals surface area contributed by atoms with Gasteiger partial charge < -0.3 is 14.6 Å². The van der Waals surface area contributed by atoms with E-state index < -0.39 is 0 Å². The third-order valence-corrected chi connectivity index (χ3v) is 2.03. The van der Waals surface area contributed by atoms with Crippen LogP contribution < -0.4 is 4.74 Å². The Balaban J connectivity index is 1.83. The molecular weight excluding hydrogens is 168 g/mol. The number of ether oxygens (including phenoxy) is 2. The van der Waals surface area contributed by atoms with Gasteiger partial charge in [0.2, 0.25) is 0 Å². The molecule has 0 unspecified atom stereocenters. The molecule has 3 nitrogen and oxygen atoms in total. The van der Waals surface area contributed by atoms with Crippen molar-refractivity contribution < 1.29 is 14.6 Å². The van der Waals surface area contributed by atoms with Crippen LogP contribution in [0, 0.1) is 5.92 Å². The zero-order valence-electron chi connectivity index (χ0n) is 7.27. The van der Waals surface area contributed by atoms with Gasteiger partial charge in [-0.3, -0.25) is 0 Å². The fourth-order valence-electron chi connectivity index (χ4n) is 1.14. The first-order valence-electron chi connectivity index (χ1n) is 4.34. The highest BCUT2D eigenvalue weighted by atomic mass is 16.5. The van der Waals surface area contributed by atoms with Crippen molar-refractivity contribution in [1.29, 1.82) is 0 Å². The lowest BCUT2D eigenvalue weighted by atomic mass is 10.1. The Kier molecular flexibility index (Phi) is 2.36. The fourth-order valence-corrected chi connectivity index (χ4v) is 1.14. The van der Waals surface area contributed by atoms with Crippen LogP contribution in [0.4, 0.5) is 0 Å². The smallest absolute Gasteiger partial charge is 0.119 e. The van der Waals surface area contributed by atoms with E-state index in [0.717, 1.165) is 19.0 Å². The van der Waals surface area contributed by atoms with E-state index in [4.69, 9.17) is 14.6 Å². The molecule has 1 N–H and O–H groups in total. The molecule has 2 rings (SSSR count). The minimum absolute atomic E-state index is 0.263. The van der Waals surface area contributed by atoms with Crippen molar-refractivity contribution in [2.24, 2.45) is 5.92 Å². The number of phenols is 1. The number of hydrogen-bond acceptors (Lipinski definition) is 3. The highest BCUT2D eigenvalue weighted by Crippen LogP contribution is 2.18. The Morgan fingerprint density at radius 2 is 2.00 bits per heavy atom. The second-order valence-electron chi connectivity index (χ2n) is 3.21. The molecule has 1 aliphatic rings. The van der Waals surface area contributed by atoms with Crippen LogP contribution in [-0.4, -0.2) is 24.9 Å². The van der Waals surface area contributed by atoms with Crippen molar-refractivity contribution in [2.75, 3.05) is 19.8 Å². The molecule has 1 aromatic rings. The van der Waals surface area contributed by atoms with Crippen LogP contribution in [0.1, 0.15) is 0 Å². The van der Waals surface area contributed by atoms with Crippen molar-refractivity contribution in [3.63, 3.8) is 0 Å². The van der Waals surface area contributed by atoms with Crippen molar-refractivity contribution in [3.8, 4) is 11.5 Å². The van der Waals surface area contributed by atoms with Crippen LogP contribution in [-0.2, 0) is 4.74 Å². The molecule has 13 heavy (non-hydrogen) atoms. The predicted octanol–water partition coefficient (Wildman–Crippen LogP) is 1.42. The zero-order chi connectivity index (χ0) is 9.10. The summed E-state index contributed by atoms with van der Waals surface area (Å²) in [6.45, 7) is 2.31. The van der Waals surface area contributed by atoms with Gasteiger partial charge in [0.1, 0.15) is 11.5 Å². The van der Waals surface area contributed by atoms with Gasteiger partial charge in [-0.2, -0.15) is 0 Å². The summed E-state index contributed by atoms with van der Waals surface area (Å²) in [5, 5.41) is 9.02. The van der Waals surface area contributed by atoms with Crippen molar-refractivity contribution >= 4 is 0 Å². The summed E-state index contributed by atoms with van der Waals surface area (Å²) in [5.74, 6) is 1.60. The molecule has 0 spiro atoms. The molecule has 3 heteroatoms. The number of rotatable bonds is 3. The maximum Gasteiger partial charge on any atom is 0.119 e. The van der Waals surface area contributed by atoms with Gasteiger partial charge in [0, 0.05) is 5.92 Å². The molecule has 0 radical (unpaired) electrons. The largest absolute Gasteiger partial charge is 0.508 e. The summed E-state index contributed by atoms with van der Waals surface area (Å²) in [4.78, 5) is 0. The summed E-state index contributed by atoms with van der Waals surface area (Å²) < 4.78 is 10.5. The summed E-state index contributed by atoms with van der Waals surface area (Å²) in [6, 6.07) is 6.75. The van der Waals surface area contributed by atoms with Gasteiger partial charge in [0.05, 0.1) is 19.8 Å². The first-order valence-corrected chi connectivity index (χ1v) is 4.34. The second-order valence-corrected chi connectivity index (χ2v) is 3.21. The quantitative estimate of drug-likeness (QED) is 0.764. The zero-order valence-corrected chi connectivity index (χ0v) is 7.27. The normalized spacial score (nSPS) is 16.6. The Morgan fingerprint density at radius 3 is 2.54 bits per heavy atom. The molecule has 1 aliphatic heterocycles. The topological polar surface area (TPSA) is 38.7 Å². The molecular formula is C10H12O3. The summed E-state index contributed by atoms with van der Waals surface area (Å²) in [7, 11) is 0. The average Bonchev–Trinajstić information content (AvgIpc) is 2.05. The van der Waals surface area contributed by atoms with E-state index in [2.05, 4.69) is 0 Å². The minimum atomic E-state index is 0.263. The number of aromatic hydroxyl groups is 1. The third-order valence-electron chi connectivity index (χ3n) is 2.03. The van der Waals surface area contributed by atoms with Gasteiger partial charge in [-0.1, -0.05) is 0 Å². The van der Waals surface area contributed by atoms with E-state index in [-0.39, 0.29) is 5.75 Å². The van der Waals surface area contributed by atoms with Crippen molar-refractivity contribution in [1.82, 2.24) is 0 Å². The van der Waals surface area contributed by atoms with Crippen molar-refractivity contribution in [3.05, 3.63) is 24.3 Å². The molecule has 0 amide bonds. The van der Waals surface area contributed by atoms with Gasteiger partial charge >= 0.3 is 0 Å². The average molecular weight is 180 g/mol. The minimum Gasteiger partial charge on any atom is -0.508 e. The Morgan fingerprint density at radius 1 is 1.31 bits per heavy atom. The first-order chi connectivity index (χ1) is 6.34. The number of benzene rings is 1. The lowest BCUT2D eigenvalue weighted by molar-refractivity contribution is -0.0508. The maximum absolute atomic E-state index is 9.02. The van der Waals surface area contributed by atoms with Crippen LogP contribution in [0.3, 0.4) is 0 Å². The monoisotopic (exact) mass is 180 g/mol. The molecule has 1 heterocycles. The second kappa shape index (κ2) is 3.66. The standard InChI is InChI=1S/C10H12O3/c11-9-1-3-10(4-2-9)13-7-8-5-12-6-8/h1-4,8,11H,5-7H2. The van der Waals surface area contributed by atoms with Gasteiger partial charge in [-0.05, 0) is 24.3 Å². The van der Waals surface area contributed by atoms with Crippen LogP contribution >= 0.6 is 0 Å². The van der Waals surface area contributed by atoms with Crippen molar-refractivity contribution in [2.45, 2.75) is 0 Å². The Labute approximate surface area is 76.9 Å². The third kappa shape index (κ3) is 2.12. The molecule has 1 fully saturated rings. The van der Waals surface area contributed by atoms with E-state index in [1.807, 2.05) is 0 Å². The van der Waals surface area contributed by atoms with E-state index in [9.17, 15) is 0 Å². The molecule has 1 saturated heterocycles. The predicted molar refractivity (Wildman–Crippen MR) is 47.9 cm³/mol. The highest BCUT2D eigenvalue weighted by molar-refractivity contribution is 5.30. The Bertz CT molecular complexity index is 264. The Hall–Kier alpha value is -1.22. The molecule has 0 bridgehead atoms. The van der Waals surface area contributed by atoms with Gasteiger partial charge in [-0.25, -0.2) is 0 Å². The number of phenolic OH excluding ortho intramolecular Hbond substituents is 1. The van der Waals surface area contributed by atoms with Crippen LogP contribution in [0.15, 0.2) is 24.3 Å². The molecule has 0 atom stereocenters. The fraction of sp³-hybridized carbons (Fsp3) is 0.400. The summed E-state index contributed by atoms with van der Waals surface area (Å²) >= 11 is 0. The molecule has 0 aliphatic carbocycles. The van der Waals surface area contributed by atoms with E-state index in [0.29, 0.717) is 12.5 Å². The van der Waals surface area contributed by atoms with E-state index >= 15 is 0 Å². The lowest BCUT2D eigenvalue weighted by Gasteiger charge is -2.25. The molecule has 0 saturated carbocycles. The molecule has 1 aromatic carbocycles. The van der Waals surface area contributed by atoms with E-state index in [1.54, 1.807) is 24.3 Å². The summed E-state index contributed by atoms with van der Waals surface area (Å²) in [6.07, 6.45) is 0. The van der Waals surface area contributed by atoms with Gasteiger partial charge in [0.25, 0.3) is 0 Å².